The Balaban J connectivity index is 0. The molecule has 1 rings (SSSR count). The third-order valence-corrected chi connectivity index (χ3v) is 9.40. The monoisotopic (exact) mass is 359 g/mol. The Labute approximate surface area is 147 Å². The van der Waals surface area contributed by atoms with Gasteiger partial charge in [-0.05, 0) is 37.8 Å². The summed E-state index contributed by atoms with van der Waals surface area (Å²) in [6.45, 7) is 9.43. The van der Waals surface area contributed by atoms with E-state index >= 15 is 0 Å². The minimum Gasteiger partial charge on any atom is -0.478 e. The molecule has 0 spiro atoms. The van der Waals surface area contributed by atoms with Crippen LogP contribution in [0.2, 0.25) is 0 Å². The van der Waals surface area contributed by atoms with Gasteiger partial charge >= 0.3 is 5.97 Å². The Bertz CT molecular complexity index is 364. The molecular weight excluding hydrogens is 322 g/mol. The normalized spacial score (nSPS) is 10.3. The molecule has 0 aromatic heterocycles. The summed E-state index contributed by atoms with van der Waals surface area (Å²) in [6, 6.07) is 8.30. The fraction of sp³-hybridized carbons (Fsp3) is 0.632. The van der Waals surface area contributed by atoms with Crippen LogP contribution in [0, 0.1) is 0 Å². The maximum Gasteiger partial charge on any atom is 0.335 e. The van der Waals surface area contributed by atoms with Gasteiger partial charge in [-0.25, -0.2) is 4.79 Å². The number of carboxylic acids is 1. The number of benzene rings is 1. The van der Waals surface area contributed by atoms with Gasteiger partial charge in [-0.15, -0.1) is 0 Å². The highest BCUT2D eigenvalue weighted by molar-refractivity contribution is 7.75. The Morgan fingerprint density at radius 1 is 0.826 bits per heavy atom. The molecule has 1 aromatic carbocycles. The molecule has 0 fully saturated rings. The molecule has 0 aliphatic rings. The molecule has 0 aliphatic carbocycles. The van der Waals surface area contributed by atoms with Crippen molar-refractivity contribution < 1.29 is 9.90 Å². The maximum atomic E-state index is 10.2. The van der Waals surface area contributed by atoms with Gasteiger partial charge in [0.2, 0.25) is 0 Å². The lowest BCUT2D eigenvalue weighted by atomic mass is 10.2. The molecule has 2 nitrogen and oxygen atoms in total. The van der Waals surface area contributed by atoms with Crippen LogP contribution in [0.4, 0.5) is 0 Å². The summed E-state index contributed by atoms with van der Waals surface area (Å²) < 4.78 is 0. The maximum absolute atomic E-state index is 10.2. The zero-order valence-electron chi connectivity index (χ0n) is 15.6. The van der Waals surface area contributed by atoms with Crippen molar-refractivity contribution >= 4 is 23.1 Å². The summed E-state index contributed by atoms with van der Waals surface area (Å²) >= 11 is 0. The lowest BCUT2D eigenvalue weighted by Crippen LogP contribution is -2.10. The van der Waals surface area contributed by atoms with E-state index in [1.165, 1.54) is 25.7 Å². The molecule has 23 heavy (non-hydrogen) atoms. The second-order valence-electron chi connectivity index (χ2n) is 5.91. The summed E-state index contributed by atoms with van der Waals surface area (Å²) in [7, 11) is -0.496. The van der Waals surface area contributed by atoms with Crippen LogP contribution < -0.4 is 0 Å². The van der Waals surface area contributed by atoms with Gasteiger partial charge in [0.05, 0.1) is 30.2 Å². The van der Waals surface area contributed by atoms with E-state index in [0.717, 1.165) is 0 Å². The molecule has 1 N–H and O–H groups in total. The van der Waals surface area contributed by atoms with Crippen molar-refractivity contribution in [2.75, 3.05) is 24.6 Å². The average molecular weight is 359 g/mol. The topological polar surface area (TPSA) is 37.3 Å². The van der Waals surface area contributed by atoms with E-state index in [2.05, 4.69) is 27.7 Å². The molecule has 1 unspecified atom stereocenters. The minimum absolute atomic E-state index is 0. The van der Waals surface area contributed by atoms with Crippen molar-refractivity contribution in [2.24, 2.45) is 0 Å². The first-order chi connectivity index (χ1) is 10.5. The molecule has 0 saturated heterocycles. The van der Waals surface area contributed by atoms with Gasteiger partial charge in [-0.1, -0.05) is 45.9 Å². The molecule has 1 aromatic rings. The molecule has 1 atom stereocenters. The molecule has 0 bridgehead atoms. The Hall–Kier alpha value is -0.450. The van der Waals surface area contributed by atoms with Crippen LogP contribution in [0.3, 0.4) is 0 Å². The van der Waals surface area contributed by atoms with Crippen LogP contribution in [0.15, 0.2) is 30.3 Å². The number of hydrogen-bond donors (Lipinski definition) is 1. The fourth-order valence-electron chi connectivity index (χ4n) is 3.15. The fourth-order valence-corrected chi connectivity index (χ4v) is 8.29. The standard InChI is InChI=1S/C12H28P.C7H6O2.H3P/c1-5-9-13(10-6-2,11-7-3)12-8-4;8-7(9)6-4-2-1-3-5-6;/h5-12H2,1-4H3;1-5H,(H,8,9);1H3/q+1;;. The average Bonchev–Trinajstić information content (AvgIpc) is 2.50. The van der Waals surface area contributed by atoms with Crippen molar-refractivity contribution in [1.29, 1.82) is 0 Å². The quantitative estimate of drug-likeness (QED) is 0.542. The number of carbonyl (C=O) groups is 1. The molecule has 0 aliphatic heterocycles. The summed E-state index contributed by atoms with van der Waals surface area (Å²) in [5.41, 5.74) is 0.331. The van der Waals surface area contributed by atoms with E-state index in [9.17, 15) is 4.79 Å². The van der Waals surface area contributed by atoms with Crippen LogP contribution in [0.5, 0.6) is 0 Å². The number of rotatable bonds is 9. The molecular formula is C19H37O2P2+. The van der Waals surface area contributed by atoms with Gasteiger partial charge in [-0.3, -0.25) is 0 Å². The van der Waals surface area contributed by atoms with E-state index in [4.69, 9.17) is 5.11 Å². The summed E-state index contributed by atoms with van der Waals surface area (Å²) in [5.74, 6) is -0.879. The summed E-state index contributed by atoms with van der Waals surface area (Å²) in [6.07, 6.45) is 11.9. The zero-order valence-corrected chi connectivity index (χ0v) is 17.9. The van der Waals surface area contributed by atoms with E-state index in [-0.39, 0.29) is 9.90 Å². The highest BCUT2D eigenvalue weighted by Gasteiger charge is 2.32. The van der Waals surface area contributed by atoms with Crippen molar-refractivity contribution in [3.8, 4) is 0 Å². The predicted octanol–water partition coefficient (Wildman–Crippen LogP) is 6.09. The molecule has 4 heteroatoms. The lowest BCUT2D eigenvalue weighted by Gasteiger charge is -2.26. The Morgan fingerprint density at radius 3 is 1.39 bits per heavy atom. The minimum atomic E-state index is -0.879. The van der Waals surface area contributed by atoms with E-state index in [1.54, 1.807) is 55.0 Å². The SMILES string of the molecule is CCC[P+](CCC)(CCC)CCC.O=C(O)c1ccccc1.P. The molecule has 0 saturated carbocycles. The Kier molecular flexibility index (Phi) is 16.3. The molecule has 134 valence electrons. The van der Waals surface area contributed by atoms with Crippen molar-refractivity contribution in [3.05, 3.63) is 35.9 Å². The van der Waals surface area contributed by atoms with E-state index < -0.39 is 13.2 Å². The number of hydrogen-bond acceptors (Lipinski definition) is 1. The molecule has 0 radical (unpaired) electrons. The van der Waals surface area contributed by atoms with Gasteiger partial charge in [0.1, 0.15) is 0 Å². The Morgan fingerprint density at radius 2 is 1.17 bits per heavy atom. The van der Waals surface area contributed by atoms with Gasteiger partial charge in [0.15, 0.2) is 0 Å². The second-order valence-corrected chi connectivity index (χ2v) is 10.4. The number of aromatic carboxylic acids is 1. The lowest BCUT2D eigenvalue weighted by molar-refractivity contribution is 0.0697. The van der Waals surface area contributed by atoms with Crippen LogP contribution in [-0.4, -0.2) is 35.7 Å². The van der Waals surface area contributed by atoms with Gasteiger partial charge < -0.3 is 5.11 Å². The summed E-state index contributed by atoms with van der Waals surface area (Å²) in [5, 5.41) is 8.38. The van der Waals surface area contributed by atoms with Crippen LogP contribution in [0.1, 0.15) is 63.7 Å². The van der Waals surface area contributed by atoms with Crippen LogP contribution in [-0.2, 0) is 0 Å². The highest BCUT2D eigenvalue weighted by Crippen LogP contribution is 2.60. The smallest absolute Gasteiger partial charge is 0.335 e. The first-order valence-corrected chi connectivity index (χ1v) is 11.2. The van der Waals surface area contributed by atoms with Crippen molar-refractivity contribution in [1.82, 2.24) is 0 Å². The number of carboxylic acid groups (broad SMARTS) is 1. The summed E-state index contributed by atoms with van der Waals surface area (Å²) in [4.78, 5) is 10.2. The third-order valence-electron chi connectivity index (χ3n) is 3.81. The molecule has 0 heterocycles. The van der Waals surface area contributed by atoms with Gasteiger partial charge in [0.25, 0.3) is 0 Å². The third kappa shape index (κ3) is 10.9. The highest BCUT2D eigenvalue weighted by atomic mass is 31.2. The van der Waals surface area contributed by atoms with Gasteiger partial charge in [-0.2, -0.15) is 9.90 Å². The zero-order chi connectivity index (χ0) is 16.8. The largest absolute Gasteiger partial charge is 0.478 e. The first-order valence-electron chi connectivity index (χ1n) is 8.68. The van der Waals surface area contributed by atoms with E-state index in [0.29, 0.717) is 5.56 Å². The molecule has 0 amide bonds. The van der Waals surface area contributed by atoms with Crippen LogP contribution >= 0.6 is 17.2 Å². The van der Waals surface area contributed by atoms with E-state index in [1.807, 2.05) is 0 Å². The predicted molar refractivity (Wildman–Crippen MR) is 112 cm³/mol. The van der Waals surface area contributed by atoms with Crippen molar-refractivity contribution in [3.63, 3.8) is 0 Å². The first kappa shape index (κ1) is 24.8. The second kappa shape index (κ2) is 15.1. The van der Waals surface area contributed by atoms with Crippen molar-refractivity contribution in [2.45, 2.75) is 53.4 Å². The van der Waals surface area contributed by atoms with Crippen LogP contribution in [0.25, 0.3) is 0 Å². The van der Waals surface area contributed by atoms with Gasteiger partial charge in [0, 0.05) is 7.26 Å².